The zero-order valence-corrected chi connectivity index (χ0v) is 28.7. The molecule has 1 aliphatic rings. The monoisotopic (exact) mass is 742 g/mol. The number of carbonyl (C=O) groups excluding carboxylic acids is 2. The molecule has 2 rings (SSSR count). The van der Waals surface area contributed by atoms with E-state index in [1.54, 1.807) is 18.2 Å². The fourth-order valence-electron chi connectivity index (χ4n) is 5.70. The van der Waals surface area contributed by atoms with Gasteiger partial charge in [0.2, 0.25) is 11.8 Å². The van der Waals surface area contributed by atoms with Crippen LogP contribution in [-0.4, -0.2) is 179 Å². The fourth-order valence-corrected chi connectivity index (χ4v) is 5.70. The normalized spacial score (nSPS) is 17.7. The largest absolute Gasteiger partial charge is 0.481 e. The maximum absolute atomic E-state index is 12.6. The van der Waals surface area contributed by atoms with Gasteiger partial charge in [-0.25, -0.2) is 0 Å². The van der Waals surface area contributed by atoms with E-state index >= 15 is 0 Å². The summed E-state index contributed by atoms with van der Waals surface area (Å²) in [6.07, 6.45) is -4.11. The highest BCUT2D eigenvalue weighted by Gasteiger charge is 2.33. The number of fused-ring (bicyclic) bond motifs is 2. The van der Waals surface area contributed by atoms with Crippen LogP contribution in [0.4, 0.5) is 0 Å². The van der Waals surface area contributed by atoms with E-state index in [1.165, 1.54) is 14.7 Å². The lowest BCUT2D eigenvalue weighted by molar-refractivity contribution is -0.147. The number of nitrogens with zero attached hydrogens (tertiary/aromatic N) is 4. The minimum atomic E-state index is -1.33. The van der Waals surface area contributed by atoms with E-state index in [9.17, 15) is 59.4 Å². The molecule has 5 atom stereocenters. The first-order chi connectivity index (χ1) is 24.6. The second-order valence-corrected chi connectivity index (χ2v) is 12.5. The molecule has 2 heterocycles. The second kappa shape index (κ2) is 22.6. The summed E-state index contributed by atoms with van der Waals surface area (Å²) >= 11 is 0. The Hall–Kier alpha value is -4.31. The van der Waals surface area contributed by atoms with E-state index in [0.29, 0.717) is 11.4 Å². The molecule has 20 nitrogen and oxygen atoms in total. The van der Waals surface area contributed by atoms with E-state index in [0.717, 1.165) is 0 Å². The van der Waals surface area contributed by atoms with Crippen LogP contribution in [0.3, 0.4) is 0 Å². The molecule has 52 heavy (non-hydrogen) atoms. The molecule has 10 N–H and O–H groups in total. The number of carbonyl (C=O) groups is 6. The summed E-state index contributed by atoms with van der Waals surface area (Å²) in [5, 5.41) is 81.8. The first-order valence-corrected chi connectivity index (χ1v) is 16.8. The van der Waals surface area contributed by atoms with E-state index < -0.39 is 85.7 Å². The van der Waals surface area contributed by atoms with Crippen LogP contribution in [0.5, 0.6) is 0 Å². The molecule has 0 radical (unpaired) electrons. The van der Waals surface area contributed by atoms with Crippen molar-refractivity contribution < 1.29 is 69.6 Å². The number of aliphatic hydroxyl groups excluding tert-OH is 4. The highest BCUT2D eigenvalue weighted by Crippen LogP contribution is 2.19. The zero-order chi connectivity index (χ0) is 38.8. The van der Waals surface area contributed by atoms with E-state index in [2.05, 4.69) is 15.6 Å². The van der Waals surface area contributed by atoms with Crippen LogP contribution in [0.1, 0.15) is 49.9 Å². The Labute approximate surface area is 299 Å². The summed E-state index contributed by atoms with van der Waals surface area (Å²) < 4.78 is 0. The van der Waals surface area contributed by atoms with Crippen LogP contribution >= 0.6 is 0 Å². The lowest BCUT2D eigenvalue weighted by Gasteiger charge is -2.37. The first-order valence-electron chi connectivity index (χ1n) is 16.8. The van der Waals surface area contributed by atoms with Gasteiger partial charge in [-0.2, -0.15) is 0 Å². The molecule has 292 valence electrons. The number of hydrogen-bond donors (Lipinski definition) is 10. The van der Waals surface area contributed by atoms with Gasteiger partial charge in [-0.3, -0.25) is 48.5 Å². The molecular formula is C32H50N6O14. The number of nitrogens with one attached hydrogen (secondary N) is 2. The van der Waals surface area contributed by atoms with Gasteiger partial charge in [-0.1, -0.05) is 6.07 Å². The zero-order valence-electron chi connectivity index (χ0n) is 28.7. The van der Waals surface area contributed by atoms with Crippen molar-refractivity contribution in [3.8, 4) is 0 Å². The molecule has 1 aromatic heterocycles. The molecule has 0 aliphatic carbocycles. The molecule has 2 amide bonds. The molecule has 0 spiro atoms. The lowest BCUT2D eigenvalue weighted by Crippen LogP contribution is -2.52. The summed E-state index contributed by atoms with van der Waals surface area (Å²) in [7, 11) is 0. The Kier molecular flexibility index (Phi) is 19.0. The van der Waals surface area contributed by atoms with Gasteiger partial charge in [-0.05, 0) is 31.4 Å². The van der Waals surface area contributed by atoms with Gasteiger partial charge in [0.25, 0.3) is 0 Å². The first kappa shape index (κ1) is 43.9. The minimum absolute atomic E-state index is 0.0712. The van der Waals surface area contributed by atoms with Crippen LogP contribution in [0.25, 0.3) is 0 Å². The highest BCUT2D eigenvalue weighted by molar-refractivity contribution is 5.79. The standard InChI is InChI=1S/C32H50N6O14/c39-18-22(41)14-33-27(43)7-4-24(30(47)48)36-10-12-37(25(31(49)50)5-8-28(44)34-15-23(42)19-40)16-20-2-1-3-21(35-20)17-38(13-11-36)26(32(51)52)6-9-29(45)46/h1-3,22-26,39-42H,4-19H2,(H,33,43)(H,34,44)(H,45,46)(H,47,48)(H,49,50)(H,51,52). The minimum Gasteiger partial charge on any atom is -0.481 e. The van der Waals surface area contributed by atoms with Crippen molar-refractivity contribution in [1.82, 2.24) is 30.3 Å². The van der Waals surface area contributed by atoms with Gasteiger partial charge in [-0.15, -0.1) is 0 Å². The van der Waals surface area contributed by atoms with Gasteiger partial charge >= 0.3 is 23.9 Å². The van der Waals surface area contributed by atoms with Crippen LogP contribution in [0.15, 0.2) is 18.2 Å². The predicted octanol–water partition coefficient (Wildman–Crippen LogP) is -3.28. The number of aliphatic carboxylic acids is 4. The summed E-state index contributed by atoms with van der Waals surface area (Å²) in [5.74, 6) is -6.26. The lowest BCUT2D eigenvalue weighted by atomic mass is 10.1. The van der Waals surface area contributed by atoms with Crippen molar-refractivity contribution in [2.45, 2.75) is 81.9 Å². The third kappa shape index (κ3) is 15.5. The van der Waals surface area contributed by atoms with Crippen LogP contribution in [0, 0.1) is 0 Å². The molecular weight excluding hydrogens is 692 g/mol. The van der Waals surface area contributed by atoms with E-state index in [4.69, 9.17) is 10.2 Å². The van der Waals surface area contributed by atoms with Crippen molar-refractivity contribution in [2.24, 2.45) is 0 Å². The topological polar surface area (TPSA) is 311 Å². The molecule has 2 bridgehead atoms. The predicted molar refractivity (Wildman–Crippen MR) is 178 cm³/mol. The molecule has 0 fully saturated rings. The average Bonchev–Trinajstić information content (AvgIpc) is 3.08. The molecule has 0 saturated carbocycles. The summed E-state index contributed by atoms with van der Waals surface area (Å²) in [6, 6.07) is 1.02. The van der Waals surface area contributed by atoms with Crippen molar-refractivity contribution in [1.29, 1.82) is 0 Å². The molecule has 0 aromatic carbocycles. The quantitative estimate of drug-likeness (QED) is 0.0590. The maximum atomic E-state index is 12.6. The van der Waals surface area contributed by atoms with Gasteiger partial charge in [0.1, 0.15) is 18.1 Å². The Balaban J connectivity index is 2.49. The smallest absolute Gasteiger partial charge is 0.320 e. The highest BCUT2D eigenvalue weighted by atomic mass is 16.4. The number of aromatic nitrogens is 1. The van der Waals surface area contributed by atoms with Crippen LogP contribution in [0.2, 0.25) is 0 Å². The Bertz CT molecular complexity index is 1350. The fraction of sp³-hybridized carbons (Fsp3) is 0.656. The Morgan fingerprint density at radius 3 is 1.35 bits per heavy atom. The number of pyridine rings is 1. The number of rotatable bonds is 21. The third-order valence-corrected chi connectivity index (χ3v) is 8.53. The van der Waals surface area contributed by atoms with Crippen LogP contribution < -0.4 is 10.6 Å². The Morgan fingerprint density at radius 2 is 0.981 bits per heavy atom. The van der Waals surface area contributed by atoms with Crippen molar-refractivity contribution in [2.75, 3.05) is 52.5 Å². The number of aliphatic hydroxyl groups is 4. The second-order valence-electron chi connectivity index (χ2n) is 12.5. The van der Waals surface area contributed by atoms with Gasteiger partial charge < -0.3 is 51.5 Å². The third-order valence-electron chi connectivity index (χ3n) is 8.53. The molecule has 1 aliphatic heterocycles. The van der Waals surface area contributed by atoms with Crippen molar-refractivity contribution in [3.05, 3.63) is 29.6 Å². The number of carboxylic acid groups (broad SMARTS) is 4. The SMILES string of the molecule is O=C(O)CCC(C(=O)O)N1CCN(C(CCC(=O)NCC(O)CO)C(=O)O)CCN(C(CCC(=O)NCC(O)CO)C(=O)O)Cc2cccc(n2)C1. The number of hydrogen-bond acceptors (Lipinski definition) is 14. The molecule has 1 aromatic rings. The summed E-state index contributed by atoms with van der Waals surface area (Å²) in [6.45, 7) is -2.19. The van der Waals surface area contributed by atoms with Gasteiger partial charge in [0, 0.05) is 71.6 Å². The van der Waals surface area contributed by atoms with Crippen molar-refractivity contribution >= 4 is 35.7 Å². The van der Waals surface area contributed by atoms with Gasteiger partial charge in [0.05, 0.1) is 36.8 Å². The maximum Gasteiger partial charge on any atom is 0.320 e. The van der Waals surface area contributed by atoms with E-state index in [1.807, 2.05) is 0 Å². The van der Waals surface area contributed by atoms with Gasteiger partial charge in [0.15, 0.2) is 0 Å². The van der Waals surface area contributed by atoms with E-state index in [-0.39, 0.29) is 84.5 Å². The number of amides is 2. The summed E-state index contributed by atoms with van der Waals surface area (Å²) in [4.78, 5) is 83.0. The average molecular weight is 743 g/mol. The van der Waals surface area contributed by atoms with Crippen molar-refractivity contribution in [3.63, 3.8) is 0 Å². The molecule has 0 saturated heterocycles. The van der Waals surface area contributed by atoms with Crippen LogP contribution in [-0.2, 0) is 41.9 Å². The molecule has 20 heteroatoms. The Morgan fingerprint density at radius 1 is 0.615 bits per heavy atom. The number of carboxylic acids is 4. The molecule has 5 unspecified atom stereocenters. The summed E-state index contributed by atoms with van der Waals surface area (Å²) in [5.41, 5.74) is 0.775.